The Morgan fingerprint density at radius 2 is 1.90 bits per heavy atom. The van der Waals surface area contributed by atoms with Crippen molar-refractivity contribution in [2.45, 2.75) is 56.6 Å². The summed E-state index contributed by atoms with van der Waals surface area (Å²) in [5, 5.41) is 0. The lowest BCUT2D eigenvalue weighted by Gasteiger charge is -2.41. The van der Waals surface area contributed by atoms with Crippen molar-refractivity contribution in [1.29, 1.82) is 0 Å². The van der Waals surface area contributed by atoms with E-state index in [1.54, 1.807) is 13.0 Å². The van der Waals surface area contributed by atoms with Crippen molar-refractivity contribution < 1.29 is 22.7 Å². The largest absolute Gasteiger partial charge is 0.487 e. The van der Waals surface area contributed by atoms with Gasteiger partial charge in [0, 0.05) is 12.0 Å². The maximum absolute atomic E-state index is 13.2. The number of hydrogen-bond acceptors (Lipinski definition) is 5. The summed E-state index contributed by atoms with van der Waals surface area (Å²) in [6.45, 7) is 5.83. The van der Waals surface area contributed by atoms with Crippen LogP contribution in [-0.4, -0.2) is 27.1 Å². The predicted octanol–water partition coefficient (Wildman–Crippen LogP) is 4.14. The molecule has 0 amide bonds. The molecule has 1 aliphatic heterocycles. The van der Waals surface area contributed by atoms with Gasteiger partial charge in [-0.3, -0.25) is 0 Å². The Balaban J connectivity index is 1.99. The molecule has 1 heterocycles. The van der Waals surface area contributed by atoms with Gasteiger partial charge >= 0.3 is 5.97 Å². The lowest BCUT2D eigenvalue weighted by atomic mass is 9.84. The SMILES string of the molecule is CCC1(CC)C[C@@H](NS(=O)(=O)c2ccc(C)c(C(=O)OC)c2)c2ccccc2O1. The molecule has 156 valence electrons. The molecule has 0 aromatic heterocycles. The van der Waals surface area contributed by atoms with Gasteiger partial charge in [-0.05, 0) is 43.5 Å². The van der Waals surface area contributed by atoms with E-state index in [1.165, 1.54) is 19.2 Å². The highest BCUT2D eigenvalue weighted by atomic mass is 32.2. The third-order valence-corrected chi connectivity index (χ3v) is 7.18. The van der Waals surface area contributed by atoms with Crippen LogP contribution in [0.1, 0.15) is 60.6 Å². The monoisotopic (exact) mass is 417 g/mol. The van der Waals surface area contributed by atoms with Gasteiger partial charge in [0.05, 0.1) is 23.6 Å². The van der Waals surface area contributed by atoms with Crippen molar-refractivity contribution in [3.05, 3.63) is 59.2 Å². The van der Waals surface area contributed by atoms with Crippen molar-refractivity contribution in [2.75, 3.05) is 7.11 Å². The second-order valence-electron chi connectivity index (χ2n) is 7.38. The first-order valence-electron chi connectivity index (χ1n) is 9.74. The number of nitrogens with one attached hydrogen (secondary N) is 1. The van der Waals surface area contributed by atoms with Crippen molar-refractivity contribution in [3.63, 3.8) is 0 Å². The normalized spacial score (nSPS) is 17.9. The van der Waals surface area contributed by atoms with E-state index in [4.69, 9.17) is 9.47 Å². The highest BCUT2D eigenvalue weighted by Crippen LogP contribution is 2.43. The van der Waals surface area contributed by atoms with Gasteiger partial charge in [0.2, 0.25) is 10.0 Å². The molecule has 2 aromatic carbocycles. The summed E-state index contributed by atoms with van der Waals surface area (Å²) in [6, 6.07) is 11.6. The summed E-state index contributed by atoms with van der Waals surface area (Å²) in [5.74, 6) is 0.140. The lowest BCUT2D eigenvalue weighted by molar-refractivity contribution is 0.0260. The molecule has 0 saturated carbocycles. The number of carbonyl (C=O) groups is 1. The van der Waals surface area contributed by atoms with Gasteiger partial charge in [0.25, 0.3) is 0 Å². The number of fused-ring (bicyclic) bond motifs is 1. The van der Waals surface area contributed by atoms with E-state index in [0.29, 0.717) is 17.7 Å². The van der Waals surface area contributed by atoms with Crippen LogP contribution in [0.2, 0.25) is 0 Å². The molecule has 0 bridgehead atoms. The highest BCUT2D eigenvalue weighted by Gasteiger charge is 2.40. The molecule has 1 N–H and O–H groups in total. The average Bonchev–Trinajstić information content (AvgIpc) is 2.72. The molecule has 1 aliphatic rings. The second-order valence-corrected chi connectivity index (χ2v) is 9.09. The van der Waals surface area contributed by atoms with E-state index >= 15 is 0 Å². The summed E-state index contributed by atoms with van der Waals surface area (Å²) in [6.07, 6.45) is 2.08. The van der Waals surface area contributed by atoms with E-state index in [2.05, 4.69) is 4.72 Å². The molecule has 0 fully saturated rings. The smallest absolute Gasteiger partial charge is 0.338 e. The van der Waals surface area contributed by atoms with Crippen LogP contribution in [-0.2, 0) is 14.8 Å². The van der Waals surface area contributed by atoms with Crippen LogP contribution < -0.4 is 9.46 Å². The Kier molecular flexibility index (Phi) is 6.00. The Morgan fingerprint density at radius 1 is 1.21 bits per heavy atom. The molecule has 0 spiro atoms. The number of ether oxygens (including phenoxy) is 2. The average molecular weight is 418 g/mol. The van der Waals surface area contributed by atoms with Crippen molar-refractivity contribution >= 4 is 16.0 Å². The highest BCUT2D eigenvalue weighted by molar-refractivity contribution is 7.89. The van der Waals surface area contributed by atoms with Crippen molar-refractivity contribution in [3.8, 4) is 5.75 Å². The number of sulfonamides is 1. The third kappa shape index (κ3) is 4.16. The first-order chi connectivity index (χ1) is 13.7. The number of esters is 1. The van der Waals surface area contributed by atoms with Crippen molar-refractivity contribution in [2.24, 2.45) is 0 Å². The molecule has 29 heavy (non-hydrogen) atoms. The summed E-state index contributed by atoms with van der Waals surface area (Å²) in [5.41, 5.74) is 1.28. The van der Waals surface area contributed by atoms with Crippen LogP contribution in [0.25, 0.3) is 0 Å². The van der Waals surface area contributed by atoms with Gasteiger partial charge in [-0.25, -0.2) is 17.9 Å². The Morgan fingerprint density at radius 3 is 2.55 bits per heavy atom. The van der Waals surface area contributed by atoms with Crippen LogP contribution >= 0.6 is 0 Å². The van der Waals surface area contributed by atoms with Crippen LogP contribution in [0.15, 0.2) is 47.4 Å². The molecule has 3 rings (SSSR count). The fourth-order valence-corrected chi connectivity index (χ4v) is 5.00. The molecule has 1 atom stereocenters. The Hall–Kier alpha value is -2.38. The number of aryl methyl sites for hydroxylation is 1. The van der Waals surface area contributed by atoms with E-state index < -0.39 is 27.6 Å². The molecule has 0 unspecified atom stereocenters. The molecular weight excluding hydrogens is 390 g/mol. The third-order valence-electron chi connectivity index (χ3n) is 5.71. The fraction of sp³-hybridized carbons (Fsp3) is 0.409. The van der Waals surface area contributed by atoms with Gasteiger partial charge in [-0.1, -0.05) is 38.1 Å². The number of methoxy groups -OCH3 is 1. The number of para-hydroxylation sites is 1. The quantitative estimate of drug-likeness (QED) is 0.715. The Bertz CT molecular complexity index is 1010. The summed E-state index contributed by atoms with van der Waals surface area (Å²) >= 11 is 0. The second kappa shape index (κ2) is 8.16. The van der Waals surface area contributed by atoms with Crippen LogP contribution in [0.5, 0.6) is 5.75 Å². The van der Waals surface area contributed by atoms with Crippen LogP contribution in [0, 0.1) is 6.92 Å². The number of benzene rings is 2. The summed E-state index contributed by atoms with van der Waals surface area (Å²) in [4.78, 5) is 12.0. The Labute approximate surface area is 172 Å². The minimum Gasteiger partial charge on any atom is -0.487 e. The zero-order chi connectivity index (χ0) is 21.2. The number of carbonyl (C=O) groups excluding carboxylic acids is 1. The first-order valence-corrected chi connectivity index (χ1v) is 11.2. The molecule has 2 aromatic rings. The zero-order valence-electron chi connectivity index (χ0n) is 17.2. The van der Waals surface area contributed by atoms with Gasteiger partial charge in [-0.2, -0.15) is 0 Å². The van der Waals surface area contributed by atoms with E-state index in [-0.39, 0.29) is 10.5 Å². The molecule has 0 radical (unpaired) electrons. The maximum Gasteiger partial charge on any atom is 0.338 e. The van der Waals surface area contributed by atoms with E-state index in [0.717, 1.165) is 18.4 Å². The van der Waals surface area contributed by atoms with Gasteiger partial charge in [0.15, 0.2) is 0 Å². The number of hydrogen-bond donors (Lipinski definition) is 1. The zero-order valence-corrected chi connectivity index (χ0v) is 18.0. The molecule has 0 aliphatic carbocycles. The molecular formula is C22H27NO5S. The van der Waals surface area contributed by atoms with Crippen LogP contribution in [0.3, 0.4) is 0 Å². The first kappa shape index (κ1) is 21.3. The predicted molar refractivity (Wildman–Crippen MR) is 111 cm³/mol. The minimum atomic E-state index is -3.86. The van der Waals surface area contributed by atoms with Crippen LogP contribution in [0.4, 0.5) is 0 Å². The minimum absolute atomic E-state index is 0.0334. The maximum atomic E-state index is 13.2. The molecule has 0 saturated heterocycles. The topological polar surface area (TPSA) is 81.7 Å². The molecule has 7 heteroatoms. The summed E-state index contributed by atoms with van der Waals surface area (Å²) < 4.78 is 40.2. The fourth-order valence-electron chi connectivity index (χ4n) is 3.76. The van der Waals surface area contributed by atoms with Gasteiger partial charge < -0.3 is 9.47 Å². The summed E-state index contributed by atoms with van der Waals surface area (Å²) in [7, 11) is -2.59. The van der Waals surface area contributed by atoms with Crippen molar-refractivity contribution in [1.82, 2.24) is 4.72 Å². The van der Waals surface area contributed by atoms with E-state index in [1.807, 2.05) is 38.1 Å². The molecule has 6 nitrogen and oxygen atoms in total. The van der Waals surface area contributed by atoms with Gasteiger partial charge in [0.1, 0.15) is 11.4 Å². The standard InChI is InChI=1S/C22H27NO5S/c1-5-22(6-2)14-19(17-9-7-8-10-20(17)28-22)23-29(25,26)16-12-11-15(3)18(13-16)21(24)27-4/h7-13,19,23H,5-6,14H2,1-4H3/t19-/m1/s1. The number of rotatable bonds is 6. The lowest BCUT2D eigenvalue weighted by Crippen LogP contribution is -2.44. The van der Waals surface area contributed by atoms with E-state index in [9.17, 15) is 13.2 Å². The van der Waals surface area contributed by atoms with Gasteiger partial charge in [-0.15, -0.1) is 0 Å².